The molecule has 0 amide bonds. The molecule has 0 saturated heterocycles. The van der Waals surface area contributed by atoms with Gasteiger partial charge in [0, 0.05) is 36.9 Å². The number of hydrogen-bond donors (Lipinski definition) is 1. The maximum absolute atomic E-state index is 5.73. The number of hydrogen-bond acceptors (Lipinski definition) is 3. The Bertz CT molecular complexity index is 520. The fourth-order valence-corrected chi connectivity index (χ4v) is 2.22. The minimum absolute atomic E-state index is 0.811. The van der Waals surface area contributed by atoms with E-state index < -0.39 is 0 Å². The van der Waals surface area contributed by atoms with E-state index in [9.17, 15) is 0 Å². The molecule has 0 aliphatic rings. The zero-order valence-electron chi connectivity index (χ0n) is 11.6. The van der Waals surface area contributed by atoms with E-state index in [1.807, 2.05) is 24.5 Å². The van der Waals surface area contributed by atoms with Gasteiger partial charge in [-0.05, 0) is 42.7 Å². The van der Waals surface area contributed by atoms with Crippen molar-refractivity contribution in [2.75, 3.05) is 17.2 Å². The number of rotatable bonds is 5. The van der Waals surface area contributed by atoms with Crippen molar-refractivity contribution in [3.05, 3.63) is 53.9 Å². The number of pyridine rings is 1. The van der Waals surface area contributed by atoms with Crippen molar-refractivity contribution in [2.24, 2.45) is 0 Å². The number of anilines is 2. The summed E-state index contributed by atoms with van der Waals surface area (Å²) >= 11 is 0. The zero-order chi connectivity index (χ0) is 13.7. The Morgan fingerprint density at radius 1 is 1.16 bits per heavy atom. The van der Waals surface area contributed by atoms with Crippen LogP contribution in [0.4, 0.5) is 11.4 Å². The van der Waals surface area contributed by atoms with Crippen LogP contribution in [0.1, 0.15) is 24.5 Å². The fourth-order valence-electron chi connectivity index (χ4n) is 2.22. The first-order chi connectivity index (χ1) is 9.20. The molecule has 1 aromatic carbocycles. The van der Waals surface area contributed by atoms with Crippen LogP contribution in [0.15, 0.2) is 42.7 Å². The van der Waals surface area contributed by atoms with Crippen molar-refractivity contribution < 1.29 is 0 Å². The van der Waals surface area contributed by atoms with E-state index in [0.29, 0.717) is 0 Å². The van der Waals surface area contributed by atoms with Gasteiger partial charge in [0.05, 0.1) is 0 Å². The minimum Gasteiger partial charge on any atom is -0.399 e. The Kier molecular flexibility index (Phi) is 4.39. The predicted molar refractivity (Wildman–Crippen MR) is 81.2 cm³/mol. The summed E-state index contributed by atoms with van der Waals surface area (Å²) in [5.74, 6) is 0. The van der Waals surface area contributed by atoms with Crippen molar-refractivity contribution >= 4 is 11.4 Å². The van der Waals surface area contributed by atoms with Crippen molar-refractivity contribution in [3.8, 4) is 0 Å². The first kappa shape index (κ1) is 13.4. The maximum Gasteiger partial charge on any atom is 0.0429 e. The molecule has 0 atom stereocenters. The summed E-state index contributed by atoms with van der Waals surface area (Å²) < 4.78 is 0. The van der Waals surface area contributed by atoms with Crippen molar-refractivity contribution in [1.29, 1.82) is 0 Å². The van der Waals surface area contributed by atoms with Crippen LogP contribution in [0.25, 0.3) is 0 Å². The highest BCUT2D eigenvalue weighted by atomic mass is 15.1. The topological polar surface area (TPSA) is 42.1 Å². The first-order valence-corrected chi connectivity index (χ1v) is 6.70. The van der Waals surface area contributed by atoms with E-state index in [1.165, 1.54) is 16.8 Å². The van der Waals surface area contributed by atoms with E-state index in [-0.39, 0.29) is 0 Å². The van der Waals surface area contributed by atoms with Crippen LogP contribution in [0.3, 0.4) is 0 Å². The van der Waals surface area contributed by atoms with E-state index in [1.54, 1.807) is 0 Å². The molecular formula is C16H21N3. The third kappa shape index (κ3) is 3.47. The molecule has 0 spiro atoms. The second-order valence-electron chi connectivity index (χ2n) is 4.83. The molecule has 1 heterocycles. The van der Waals surface area contributed by atoms with Crippen LogP contribution in [0, 0.1) is 6.92 Å². The van der Waals surface area contributed by atoms with Crippen LogP contribution in [0.5, 0.6) is 0 Å². The summed E-state index contributed by atoms with van der Waals surface area (Å²) in [5.41, 5.74) is 10.3. The Labute approximate surface area is 115 Å². The number of aryl methyl sites for hydroxylation is 1. The van der Waals surface area contributed by atoms with Crippen LogP contribution >= 0.6 is 0 Å². The summed E-state index contributed by atoms with van der Waals surface area (Å²) in [6, 6.07) is 10.2. The van der Waals surface area contributed by atoms with Gasteiger partial charge in [-0.2, -0.15) is 0 Å². The quantitative estimate of drug-likeness (QED) is 0.833. The zero-order valence-corrected chi connectivity index (χ0v) is 11.6. The molecule has 3 nitrogen and oxygen atoms in total. The van der Waals surface area contributed by atoms with E-state index in [0.717, 1.165) is 25.2 Å². The molecule has 2 N–H and O–H groups in total. The number of nitrogen functional groups attached to an aromatic ring is 1. The van der Waals surface area contributed by atoms with Gasteiger partial charge < -0.3 is 10.6 Å². The third-order valence-electron chi connectivity index (χ3n) is 3.18. The average Bonchev–Trinajstić information content (AvgIpc) is 2.41. The molecule has 3 heteroatoms. The Hall–Kier alpha value is -2.03. The van der Waals surface area contributed by atoms with Gasteiger partial charge in [-0.3, -0.25) is 4.98 Å². The molecule has 100 valence electrons. The summed E-state index contributed by atoms with van der Waals surface area (Å²) in [4.78, 5) is 6.55. The predicted octanol–water partition coefficient (Wildman–Crippen LogP) is 3.39. The van der Waals surface area contributed by atoms with Crippen LogP contribution < -0.4 is 10.6 Å². The molecule has 0 aliphatic heterocycles. The highest BCUT2D eigenvalue weighted by Gasteiger charge is 2.09. The maximum atomic E-state index is 5.73. The van der Waals surface area contributed by atoms with Gasteiger partial charge in [0.2, 0.25) is 0 Å². The molecule has 0 bridgehead atoms. The lowest BCUT2D eigenvalue weighted by molar-refractivity contribution is 0.764. The molecule has 0 unspecified atom stereocenters. The summed E-state index contributed by atoms with van der Waals surface area (Å²) in [6.45, 7) is 6.24. The molecule has 0 radical (unpaired) electrons. The second kappa shape index (κ2) is 6.23. The van der Waals surface area contributed by atoms with Crippen LogP contribution in [-0.4, -0.2) is 11.5 Å². The average molecular weight is 255 g/mol. The lowest BCUT2D eigenvalue weighted by Gasteiger charge is -2.26. The van der Waals surface area contributed by atoms with Gasteiger partial charge in [-0.25, -0.2) is 0 Å². The first-order valence-electron chi connectivity index (χ1n) is 6.70. The monoisotopic (exact) mass is 255 g/mol. The Morgan fingerprint density at radius 2 is 1.89 bits per heavy atom. The third-order valence-corrected chi connectivity index (χ3v) is 3.18. The van der Waals surface area contributed by atoms with Gasteiger partial charge in [0.15, 0.2) is 0 Å². The smallest absolute Gasteiger partial charge is 0.0429 e. The SMILES string of the molecule is CCCN(Cc1ccc(N)cc1)c1ccncc1C. The lowest BCUT2D eigenvalue weighted by Crippen LogP contribution is -2.24. The van der Waals surface area contributed by atoms with Gasteiger partial charge in [-0.1, -0.05) is 19.1 Å². The number of benzene rings is 1. The van der Waals surface area contributed by atoms with Gasteiger partial charge in [0.1, 0.15) is 0 Å². The molecule has 2 aromatic rings. The molecular weight excluding hydrogens is 234 g/mol. The van der Waals surface area contributed by atoms with E-state index >= 15 is 0 Å². The summed E-state index contributed by atoms with van der Waals surface area (Å²) in [6.07, 6.45) is 4.89. The second-order valence-corrected chi connectivity index (χ2v) is 4.83. The number of nitrogens with two attached hydrogens (primary N) is 1. The van der Waals surface area contributed by atoms with Crippen LogP contribution in [-0.2, 0) is 6.54 Å². The van der Waals surface area contributed by atoms with Crippen molar-refractivity contribution in [2.45, 2.75) is 26.8 Å². The minimum atomic E-state index is 0.811. The van der Waals surface area contributed by atoms with Gasteiger partial charge >= 0.3 is 0 Å². The molecule has 0 saturated carbocycles. The molecule has 0 fully saturated rings. The summed E-state index contributed by atoms with van der Waals surface area (Å²) in [5, 5.41) is 0. The summed E-state index contributed by atoms with van der Waals surface area (Å²) in [7, 11) is 0. The molecule has 19 heavy (non-hydrogen) atoms. The molecule has 1 aromatic heterocycles. The largest absolute Gasteiger partial charge is 0.399 e. The lowest BCUT2D eigenvalue weighted by atomic mass is 10.1. The Morgan fingerprint density at radius 3 is 2.53 bits per heavy atom. The van der Waals surface area contributed by atoms with Crippen molar-refractivity contribution in [1.82, 2.24) is 4.98 Å². The van der Waals surface area contributed by atoms with Crippen molar-refractivity contribution in [3.63, 3.8) is 0 Å². The van der Waals surface area contributed by atoms with Gasteiger partial charge in [-0.15, -0.1) is 0 Å². The molecule has 2 rings (SSSR count). The standard InChI is InChI=1S/C16H21N3/c1-3-10-19(16-8-9-18-11-13(16)2)12-14-4-6-15(17)7-5-14/h4-9,11H,3,10,12,17H2,1-2H3. The fraction of sp³-hybridized carbons (Fsp3) is 0.312. The number of nitrogens with zero attached hydrogens (tertiary/aromatic N) is 2. The highest BCUT2D eigenvalue weighted by Crippen LogP contribution is 2.21. The van der Waals surface area contributed by atoms with Crippen LogP contribution in [0.2, 0.25) is 0 Å². The highest BCUT2D eigenvalue weighted by molar-refractivity contribution is 5.52. The molecule has 0 aliphatic carbocycles. The number of aromatic nitrogens is 1. The normalized spacial score (nSPS) is 10.4. The van der Waals surface area contributed by atoms with E-state index in [4.69, 9.17) is 5.73 Å². The Balaban J connectivity index is 2.21. The van der Waals surface area contributed by atoms with E-state index in [2.05, 4.69) is 41.9 Å². The van der Waals surface area contributed by atoms with Gasteiger partial charge in [0.25, 0.3) is 0 Å².